The number of carbonyl (C=O) groups is 1. The highest BCUT2D eigenvalue weighted by atomic mass is 19.1. The molecule has 1 amide bonds. The topological polar surface area (TPSA) is 106 Å². The van der Waals surface area contributed by atoms with Gasteiger partial charge in [0.15, 0.2) is 5.82 Å². The van der Waals surface area contributed by atoms with Crippen LogP contribution in [0.3, 0.4) is 0 Å². The molecule has 0 saturated heterocycles. The molecule has 0 radical (unpaired) electrons. The number of nitrogen functional groups attached to an aromatic ring is 1. The van der Waals surface area contributed by atoms with E-state index in [0.29, 0.717) is 5.82 Å². The second-order valence-electron chi connectivity index (χ2n) is 3.34. The second kappa shape index (κ2) is 5.23. The molecule has 1 aromatic carbocycles. The van der Waals surface area contributed by atoms with Gasteiger partial charge in [-0.2, -0.15) is 4.98 Å². The van der Waals surface area contributed by atoms with Crippen LogP contribution in [0, 0.1) is 5.82 Å². The Hall–Kier alpha value is -2.48. The minimum Gasteiger partial charge on any atom is -0.345 e. The summed E-state index contributed by atoms with van der Waals surface area (Å²) in [4.78, 5) is 15.5. The molecule has 0 fully saturated rings. The summed E-state index contributed by atoms with van der Waals surface area (Å²) in [7, 11) is 0. The van der Waals surface area contributed by atoms with Gasteiger partial charge in [0.1, 0.15) is 5.82 Å². The highest BCUT2D eigenvalue weighted by Gasteiger charge is 2.14. The van der Waals surface area contributed by atoms with Crippen molar-refractivity contribution in [1.82, 2.24) is 15.5 Å². The van der Waals surface area contributed by atoms with Crippen LogP contribution in [0.15, 0.2) is 29.1 Å². The molecule has 0 aliphatic rings. The van der Waals surface area contributed by atoms with Crippen molar-refractivity contribution in [2.45, 2.75) is 6.54 Å². The number of anilines is 1. The highest BCUT2D eigenvalue weighted by molar-refractivity contribution is 5.99. The maximum absolute atomic E-state index is 13.4. The monoisotopic (exact) mass is 251 g/mol. The first-order valence-electron chi connectivity index (χ1n) is 5.01. The van der Waals surface area contributed by atoms with Crippen molar-refractivity contribution in [1.29, 1.82) is 0 Å². The van der Waals surface area contributed by atoms with E-state index in [1.807, 2.05) is 0 Å². The van der Waals surface area contributed by atoms with Gasteiger partial charge in [-0.25, -0.2) is 4.39 Å². The molecule has 2 rings (SSSR count). The zero-order valence-corrected chi connectivity index (χ0v) is 9.18. The SMILES string of the molecule is NNc1c(F)cccc1C(=O)NCc1ncon1. The van der Waals surface area contributed by atoms with E-state index in [1.165, 1.54) is 18.2 Å². The van der Waals surface area contributed by atoms with Crippen molar-refractivity contribution in [2.75, 3.05) is 5.43 Å². The molecule has 2 aromatic rings. The van der Waals surface area contributed by atoms with Crippen LogP contribution in [-0.2, 0) is 6.54 Å². The molecule has 0 aliphatic heterocycles. The zero-order valence-electron chi connectivity index (χ0n) is 9.18. The number of hydrazine groups is 1. The molecule has 0 unspecified atom stereocenters. The summed E-state index contributed by atoms with van der Waals surface area (Å²) >= 11 is 0. The first kappa shape index (κ1) is 12.0. The van der Waals surface area contributed by atoms with Gasteiger partial charge >= 0.3 is 0 Å². The van der Waals surface area contributed by atoms with Crippen LogP contribution in [-0.4, -0.2) is 16.0 Å². The van der Waals surface area contributed by atoms with E-state index in [-0.39, 0.29) is 17.8 Å². The van der Waals surface area contributed by atoms with E-state index in [9.17, 15) is 9.18 Å². The number of nitrogens with two attached hydrogens (primary N) is 1. The van der Waals surface area contributed by atoms with E-state index in [1.54, 1.807) is 0 Å². The lowest BCUT2D eigenvalue weighted by atomic mass is 10.1. The number of hydrogen-bond donors (Lipinski definition) is 3. The Kier molecular flexibility index (Phi) is 3.49. The second-order valence-corrected chi connectivity index (χ2v) is 3.34. The minimum atomic E-state index is -0.607. The maximum Gasteiger partial charge on any atom is 0.253 e. The van der Waals surface area contributed by atoms with E-state index in [2.05, 4.69) is 25.4 Å². The van der Waals surface area contributed by atoms with Crippen LogP contribution in [0.1, 0.15) is 16.2 Å². The quantitative estimate of drug-likeness (QED) is 0.537. The molecule has 94 valence electrons. The summed E-state index contributed by atoms with van der Waals surface area (Å²) < 4.78 is 17.9. The number of halogens is 1. The number of hydrogen-bond acceptors (Lipinski definition) is 6. The summed E-state index contributed by atoms with van der Waals surface area (Å²) in [6.45, 7) is 0.0792. The summed E-state index contributed by atoms with van der Waals surface area (Å²) in [5.74, 6) is 4.39. The Labute approximate surface area is 101 Å². The van der Waals surface area contributed by atoms with E-state index in [4.69, 9.17) is 5.84 Å². The molecule has 0 saturated carbocycles. The van der Waals surface area contributed by atoms with Crippen molar-refractivity contribution < 1.29 is 13.7 Å². The molecule has 0 atom stereocenters. The largest absolute Gasteiger partial charge is 0.345 e. The van der Waals surface area contributed by atoms with Gasteiger partial charge in [-0.05, 0) is 12.1 Å². The third-order valence-corrected chi connectivity index (χ3v) is 2.22. The third-order valence-electron chi connectivity index (χ3n) is 2.22. The lowest BCUT2D eigenvalue weighted by Crippen LogP contribution is -2.25. The van der Waals surface area contributed by atoms with Gasteiger partial charge in [-0.15, -0.1) is 0 Å². The van der Waals surface area contributed by atoms with Crippen molar-refractivity contribution in [3.05, 3.63) is 41.8 Å². The van der Waals surface area contributed by atoms with Gasteiger partial charge in [-0.1, -0.05) is 11.2 Å². The van der Waals surface area contributed by atoms with Gasteiger partial charge in [0.2, 0.25) is 6.39 Å². The number of benzene rings is 1. The lowest BCUT2D eigenvalue weighted by Gasteiger charge is -2.09. The lowest BCUT2D eigenvalue weighted by molar-refractivity contribution is 0.0950. The average molecular weight is 251 g/mol. The molecule has 1 heterocycles. The maximum atomic E-state index is 13.4. The summed E-state index contributed by atoms with van der Waals surface area (Å²) in [5.41, 5.74) is 2.18. The number of para-hydroxylation sites is 1. The molecule has 0 spiro atoms. The average Bonchev–Trinajstić information content (AvgIpc) is 2.88. The number of nitrogens with one attached hydrogen (secondary N) is 2. The fourth-order valence-corrected chi connectivity index (χ4v) is 1.38. The number of nitrogens with zero attached hydrogens (tertiary/aromatic N) is 2. The van der Waals surface area contributed by atoms with E-state index >= 15 is 0 Å². The molecule has 8 heteroatoms. The fraction of sp³-hybridized carbons (Fsp3) is 0.100. The molecule has 4 N–H and O–H groups in total. The van der Waals surface area contributed by atoms with Crippen LogP contribution in [0.25, 0.3) is 0 Å². The van der Waals surface area contributed by atoms with Crippen molar-refractivity contribution in [3.8, 4) is 0 Å². The molecular formula is C10H10FN5O2. The third kappa shape index (κ3) is 2.43. The van der Waals surface area contributed by atoms with E-state index in [0.717, 1.165) is 6.39 Å². The van der Waals surface area contributed by atoms with Gasteiger partial charge in [0.25, 0.3) is 5.91 Å². The van der Waals surface area contributed by atoms with Crippen molar-refractivity contribution in [2.24, 2.45) is 5.84 Å². The highest BCUT2D eigenvalue weighted by Crippen LogP contribution is 2.18. The summed E-state index contributed by atoms with van der Waals surface area (Å²) in [5, 5.41) is 6.04. The molecular weight excluding hydrogens is 241 g/mol. The molecule has 1 aromatic heterocycles. The Bertz CT molecular complexity index is 543. The van der Waals surface area contributed by atoms with E-state index < -0.39 is 11.7 Å². The number of aromatic nitrogens is 2. The van der Waals surface area contributed by atoms with Gasteiger partial charge in [0, 0.05) is 0 Å². The van der Waals surface area contributed by atoms with Crippen molar-refractivity contribution >= 4 is 11.6 Å². The van der Waals surface area contributed by atoms with Crippen LogP contribution >= 0.6 is 0 Å². The van der Waals surface area contributed by atoms with Gasteiger partial charge in [0.05, 0.1) is 17.8 Å². The Morgan fingerprint density at radius 1 is 1.50 bits per heavy atom. The summed E-state index contributed by atoms with van der Waals surface area (Å²) in [6, 6.07) is 4.06. The van der Waals surface area contributed by atoms with Crippen LogP contribution in [0.4, 0.5) is 10.1 Å². The summed E-state index contributed by atoms with van der Waals surface area (Å²) in [6.07, 6.45) is 1.15. The fourth-order valence-electron chi connectivity index (χ4n) is 1.38. The van der Waals surface area contributed by atoms with Crippen molar-refractivity contribution in [3.63, 3.8) is 0 Å². The number of rotatable bonds is 4. The normalized spacial score (nSPS) is 10.1. The molecule has 7 nitrogen and oxygen atoms in total. The Balaban J connectivity index is 2.11. The van der Waals surface area contributed by atoms with Crippen LogP contribution < -0.4 is 16.6 Å². The molecule has 0 aliphatic carbocycles. The van der Waals surface area contributed by atoms with Gasteiger partial charge < -0.3 is 15.3 Å². The number of amides is 1. The first-order chi connectivity index (χ1) is 8.72. The molecule has 0 bridgehead atoms. The first-order valence-corrected chi connectivity index (χ1v) is 5.01. The number of carbonyl (C=O) groups excluding carboxylic acids is 1. The Morgan fingerprint density at radius 2 is 2.33 bits per heavy atom. The standard InChI is InChI=1S/C10H10FN5O2/c11-7-3-1-2-6(9(7)15-12)10(17)13-4-8-14-5-18-16-8/h1-3,5,15H,4,12H2,(H,13,17). The predicted octanol–water partition coefficient (Wildman–Crippen LogP) is 0.424. The minimum absolute atomic E-state index is 0.0666. The predicted molar refractivity (Wildman–Crippen MR) is 59.7 cm³/mol. The zero-order chi connectivity index (χ0) is 13.0. The van der Waals surface area contributed by atoms with Gasteiger partial charge in [-0.3, -0.25) is 10.6 Å². The Morgan fingerprint density at radius 3 is 3.00 bits per heavy atom. The van der Waals surface area contributed by atoms with Crippen LogP contribution in [0.2, 0.25) is 0 Å². The smallest absolute Gasteiger partial charge is 0.253 e. The van der Waals surface area contributed by atoms with Crippen LogP contribution in [0.5, 0.6) is 0 Å². The molecule has 18 heavy (non-hydrogen) atoms.